The highest BCUT2D eigenvalue weighted by molar-refractivity contribution is 7.89. The summed E-state index contributed by atoms with van der Waals surface area (Å²) in [7, 11) is -1.96. The maximum atomic E-state index is 13.2. The topological polar surface area (TPSA) is 78.5 Å². The summed E-state index contributed by atoms with van der Waals surface area (Å²) in [6.45, 7) is 7.53. The monoisotopic (exact) mass is 429 g/mol. The number of hydrogen-bond donors (Lipinski definition) is 2. The molecule has 2 N–H and O–H groups in total. The number of nitrogens with zero attached hydrogens (tertiary/aromatic N) is 1. The number of sulfonamides is 1. The van der Waals surface area contributed by atoms with Gasteiger partial charge < -0.3 is 10.6 Å². The first-order chi connectivity index (χ1) is 14.2. The maximum Gasteiger partial charge on any atom is 0.255 e. The summed E-state index contributed by atoms with van der Waals surface area (Å²) >= 11 is 0. The van der Waals surface area contributed by atoms with E-state index in [1.807, 2.05) is 39.0 Å². The van der Waals surface area contributed by atoms with Crippen molar-refractivity contribution < 1.29 is 13.2 Å². The van der Waals surface area contributed by atoms with E-state index in [1.54, 1.807) is 31.3 Å². The molecule has 1 heterocycles. The van der Waals surface area contributed by atoms with Crippen LogP contribution in [0.15, 0.2) is 47.4 Å². The molecule has 1 atom stereocenters. The van der Waals surface area contributed by atoms with E-state index in [1.165, 1.54) is 4.31 Å². The molecule has 0 bridgehead atoms. The minimum absolute atomic E-state index is 0.0714. The molecule has 1 aliphatic heterocycles. The summed E-state index contributed by atoms with van der Waals surface area (Å²) in [4.78, 5) is 12.8. The Hall–Kier alpha value is -2.22. The maximum absolute atomic E-state index is 13.2. The second kappa shape index (κ2) is 9.29. The molecule has 162 valence electrons. The van der Waals surface area contributed by atoms with Gasteiger partial charge >= 0.3 is 0 Å². The van der Waals surface area contributed by atoms with Crippen LogP contribution in [0.3, 0.4) is 0 Å². The van der Waals surface area contributed by atoms with Crippen molar-refractivity contribution in [1.29, 1.82) is 0 Å². The van der Waals surface area contributed by atoms with Gasteiger partial charge in [0.25, 0.3) is 5.91 Å². The van der Waals surface area contributed by atoms with E-state index in [0.29, 0.717) is 22.7 Å². The highest BCUT2D eigenvalue weighted by atomic mass is 32.2. The molecule has 3 rings (SSSR count). The van der Waals surface area contributed by atoms with E-state index < -0.39 is 10.0 Å². The van der Waals surface area contributed by atoms with Crippen molar-refractivity contribution in [2.75, 3.05) is 25.5 Å². The van der Waals surface area contributed by atoms with Crippen LogP contribution in [0.25, 0.3) is 0 Å². The first-order valence-corrected chi connectivity index (χ1v) is 11.8. The number of aryl methyl sites for hydroxylation is 2. The van der Waals surface area contributed by atoms with Gasteiger partial charge in [-0.3, -0.25) is 4.79 Å². The third-order valence-electron chi connectivity index (χ3n) is 6.15. The molecule has 0 radical (unpaired) electrons. The van der Waals surface area contributed by atoms with Crippen LogP contribution < -0.4 is 10.6 Å². The summed E-state index contributed by atoms with van der Waals surface area (Å²) in [6, 6.07) is 12.2. The fourth-order valence-electron chi connectivity index (χ4n) is 3.96. The molecule has 0 saturated carbocycles. The lowest BCUT2D eigenvalue weighted by atomic mass is 9.91. The molecule has 1 aliphatic rings. The van der Waals surface area contributed by atoms with E-state index in [-0.39, 0.29) is 16.8 Å². The summed E-state index contributed by atoms with van der Waals surface area (Å²) in [6.07, 6.45) is 1.95. The third kappa shape index (κ3) is 4.74. The van der Waals surface area contributed by atoms with Gasteiger partial charge in [0.2, 0.25) is 10.0 Å². The number of benzene rings is 2. The molecular weight excluding hydrogens is 398 g/mol. The van der Waals surface area contributed by atoms with Crippen LogP contribution in [-0.4, -0.2) is 44.8 Å². The van der Waals surface area contributed by atoms with Gasteiger partial charge in [-0.25, -0.2) is 8.42 Å². The standard InChI is InChI=1S/C23H31N3O3S/c1-16-7-5-6-8-21(16)23(27)25-22-10-9-20(15-17(22)2)30(28,29)26(4)18(3)19-11-13-24-14-12-19/h5-10,15,18-19,24H,11-14H2,1-4H3,(H,25,27). The largest absolute Gasteiger partial charge is 0.322 e. The molecule has 1 unspecified atom stereocenters. The van der Waals surface area contributed by atoms with Gasteiger partial charge in [0.15, 0.2) is 0 Å². The number of carbonyl (C=O) groups is 1. The molecule has 30 heavy (non-hydrogen) atoms. The van der Waals surface area contributed by atoms with Crippen molar-refractivity contribution >= 4 is 21.6 Å². The van der Waals surface area contributed by atoms with Gasteiger partial charge in [0.05, 0.1) is 4.90 Å². The van der Waals surface area contributed by atoms with Crippen molar-refractivity contribution in [3.8, 4) is 0 Å². The second-order valence-electron chi connectivity index (χ2n) is 8.10. The minimum atomic E-state index is -3.61. The zero-order valence-corrected chi connectivity index (χ0v) is 18.9. The zero-order chi connectivity index (χ0) is 21.9. The highest BCUT2D eigenvalue weighted by Gasteiger charge is 2.31. The predicted octanol–water partition coefficient (Wildman–Crippen LogP) is 3.56. The lowest BCUT2D eigenvalue weighted by Gasteiger charge is -2.34. The van der Waals surface area contributed by atoms with E-state index >= 15 is 0 Å². The molecule has 7 heteroatoms. The zero-order valence-electron chi connectivity index (χ0n) is 18.1. The van der Waals surface area contributed by atoms with Crippen molar-refractivity contribution in [3.63, 3.8) is 0 Å². The average molecular weight is 430 g/mol. The summed E-state index contributed by atoms with van der Waals surface area (Å²) in [5, 5.41) is 6.22. The first kappa shape index (κ1) is 22.5. The van der Waals surface area contributed by atoms with Crippen molar-refractivity contribution in [3.05, 3.63) is 59.2 Å². The van der Waals surface area contributed by atoms with Crippen molar-refractivity contribution in [1.82, 2.24) is 9.62 Å². The fraction of sp³-hybridized carbons (Fsp3) is 0.435. The van der Waals surface area contributed by atoms with Crippen LogP contribution in [0.5, 0.6) is 0 Å². The van der Waals surface area contributed by atoms with Crippen LogP contribution >= 0.6 is 0 Å². The van der Waals surface area contributed by atoms with Crippen LogP contribution in [0, 0.1) is 19.8 Å². The Morgan fingerprint density at radius 3 is 2.40 bits per heavy atom. The van der Waals surface area contributed by atoms with Gasteiger partial charge in [-0.1, -0.05) is 18.2 Å². The number of hydrogen-bond acceptors (Lipinski definition) is 4. The third-order valence-corrected chi connectivity index (χ3v) is 8.09. The van der Waals surface area contributed by atoms with Gasteiger partial charge in [-0.15, -0.1) is 0 Å². The van der Waals surface area contributed by atoms with Crippen LogP contribution in [-0.2, 0) is 10.0 Å². The normalized spacial score (nSPS) is 16.4. The SMILES string of the molecule is Cc1cc(S(=O)(=O)N(C)C(C)C2CCNCC2)ccc1NC(=O)c1ccccc1C. The van der Waals surface area contributed by atoms with E-state index in [2.05, 4.69) is 10.6 Å². The Bertz CT molecular complexity index is 1010. The Morgan fingerprint density at radius 1 is 1.10 bits per heavy atom. The molecule has 0 aromatic heterocycles. The lowest BCUT2D eigenvalue weighted by Crippen LogP contribution is -2.43. The van der Waals surface area contributed by atoms with Crippen LogP contribution in [0.1, 0.15) is 41.3 Å². The number of nitrogens with one attached hydrogen (secondary N) is 2. The summed E-state index contributed by atoms with van der Waals surface area (Å²) < 4.78 is 27.9. The summed E-state index contributed by atoms with van der Waals surface area (Å²) in [5.41, 5.74) is 2.81. The van der Waals surface area contributed by atoms with Crippen LogP contribution in [0.2, 0.25) is 0 Å². The van der Waals surface area contributed by atoms with Gasteiger partial charge in [0.1, 0.15) is 0 Å². The molecule has 6 nitrogen and oxygen atoms in total. The van der Waals surface area contributed by atoms with Gasteiger partial charge in [0, 0.05) is 24.3 Å². The Balaban J connectivity index is 1.78. The predicted molar refractivity (Wildman–Crippen MR) is 120 cm³/mol. The molecular formula is C23H31N3O3S. The van der Waals surface area contributed by atoms with Crippen LogP contribution in [0.4, 0.5) is 5.69 Å². The molecule has 1 saturated heterocycles. The Kier molecular flexibility index (Phi) is 6.95. The molecule has 2 aromatic rings. The molecule has 1 amide bonds. The van der Waals surface area contributed by atoms with Gasteiger partial charge in [-0.2, -0.15) is 4.31 Å². The minimum Gasteiger partial charge on any atom is -0.322 e. The number of carbonyl (C=O) groups excluding carboxylic acids is 1. The molecule has 2 aromatic carbocycles. The highest BCUT2D eigenvalue weighted by Crippen LogP contribution is 2.27. The Morgan fingerprint density at radius 2 is 1.77 bits per heavy atom. The smallest absolute Gasteiger partial charge is 0.255 e. The van der Waals surface area contributed by atoms with Crippen molar-refractivity contribution in [2.45, 2.75) is 44.6 Å². The second-order valence-corrected chi connectivity index (χ2v) is 10.1. The number of anilines is 1. The lowest BCUT2D eigenvalue weighted by molar-refractivity contribution is 0.102. The van der Waals surface area contributed by atoms with E-state index in [4.69, 9.17) is 0 Å². The number of piperidine rings is 1. The molecule has 1 fully saturated rings. The molecule has 0 aliphatic carbocycles. The van der Waals surface area contributed by atoms with E-state index in [0.717, 1.165) is 31.5 Å². The number of rotatable bonds is 6. The first-order valence-electron chi connectivity index (χ1n) is 10.4. The van der Waals surface area contributed by atoms with Crippen molar-refractivity contribution in [2.24, 2.45) is 5.92 Å². The number of amides is 1. The van der Waals surface area contributed by atoms with E-state index in [9.17, 15) is 13.2 Å². The quantitative estimate of drug-likeness (QED) is 0.736. The molecule has 0 spiro atoms. The fourth-order valence-corrected chi connectivity index (χ4v) is 5.47. The Labute approximate surface area is 179 Å². The average Bonchev–Trinajstić information content (AvgIpc) is 2.74. The summed E-state index contributed by atoms with van der Waals surface area (Å²) in [5.74, 6) is 0.142. The van der Waals surface area contributed by atoms with Gasteiger partial charge in [-0.05, 0) is 88.0 Å².